The summed E-state index contributed by atoms with van der Waals surface area (Å²) in [6.45, 7) is 0. The second-order valence-corrected chi connectivity index (χ2v) is 3.39. The number of fused-ring (bicyclic) bond motifs is 1. The number of halogens is 1. The summed E-state index contributed by atoms with van der Waals surface area (Å²) in [5.74, 6) is -1.21. The fourth-order valence-corrected chi connectivity index (χ4v) is 1.68. The van der Waals surface area contributed by atoms with Crippen molar-refractivity contribution >= 4 is 33.2 Å². The van der Waals surface area contributed by atoms with E-state index < -0.39 is 5.97 Å². The molecule has 0 unspecified atom stereocenters. The molecule has 0 saturated carbocycles. The normalized spacial score (nSPS) is 9.93. The van der Waals surface area contributed by atoms with Crippen LogP contribution in [0.25, 0.3) is 5.52 Å². The Labute approximate surface area is 115 Å². The van der Waals surface area contributed by atoms with Crippen LogP contribution in [0, 0.1) is 0 Å². The molecule has 0 saturated heterocycles. The van der Waals surface area contributed by atoms with E-state index in [2.05, 4.69) is 26.0 Å². The zero-order chi connectivity index (χ0) is 10.3. The smallest absolute Gasteiger partial charge is 0.545 e. The van der Waals surface area contributed by atoms with Crippen molar-refractivity contribution < 1.29 is 39.5 Å². The van der Waals surface area contributed by atoms with Crippen LogP contribution in [0.3, 0.4) is 0 Å². The molecule has 6 nitrogen and oxygen atoms in total. The van der Waals surface area contributed by atoms with Gasteiger partial charge in [0.2, 0.25) is 0 Å². The van der Waals surface area contributed by atoms with E-state index in [0.29, 0.717) is 4.60 Å². The maximum Gasteiger partial charge on any atom is 1.00 e. The van der Waals surface area contributed by atoms with Crippen LogP contribution >= 0.6 is 15.9 Å². The minimum atomic E-state index is -1.31. The Kier molecular flexibility index (Phi) is 3.72. The van der Waals surface area contributed by atoms with Crippen LogP contribution < -0.4 is 40.4 Å². The van der Waals surface area contributed by atoms with Gasteiger partial charge in [0.25, 0.3) is 0 Å². The van der Waals surface area contributed by atoms with Gasteiger partial charge in [0.05, 0.1) is 5.97 Å². The van der Waals surface area contributed by atoms with E-state index in [9.17, 15) is 9.90 Å². The van der Waals surface area contributed by atoms with Crippen molar-refractivity contribution in [3.63, 3.8) is 0 Å². The molecule has 15 heavy (non-hydrogen) atoms. The Hall–Kier alpha value is -0.630. The Balaban J connectivity index is 0.00000112. The molecule has 0 bridgehead atoms. The quantitative estimate of drug-likeness (QED) is 0.545. The number of aromatic carboxylic acids is 1. The molecule has 0 atom stereocenters. The summed E-state index contributed by atoms with van der Waals surface area (Å²) in [4.78, 5) is 14.4. The van der Waals surface area contributed by atoms with Crippen molar-refractivity contribution in [1.29, 1.82) is 0 Å². The minimum absolute atomic E-state index is 0. The van der Waals surface area contributed by atoms with Crippen molar-refractivity contribution in [1.82, 2.24) is 14.6 Å². The van der Waals surface area contributed by atoms with Crippen LogP contribution in [0.15, 0.2) is 17.0 Å². The number of anilines is 1. The Morgan fingerprint density at radius 3 is 2.87 bits per heavy atom. The molecule has 0 radical (unpaired) electrons. The molecule has 2 aromatic heterocycles. The zero-order valence-electron chi connectivity index (χ0n) is 7.77. The van der Waals surface area contributed by atoms with Gasteiger partial charge in [0.1, 0.15) is 16.4 Å². The van der Waals surface area contributed by atoms with Crippen molar-refractivity contribution in [2.45, 2.75) is 0 Å². The van der Waals surface area contributed by atoms with E-state index in [1.165, 1.54) is 16.9 Å². The maximum atomic E-state index is 10.7. The van der Waals surface area contributed by atoms with Crippen molar-refractivity contribution in [3.05, 3.63) is 22.6 Å². The Morgan fingerprint density at radius 1 is 1.60 bits per heavy atom. The summed E-state index contributed by atoms with van der Waals surface area (Å²) in [6, 6.07) is 1.37. The van der Waals surface area contributed by atoms with Gasteiger partial charge in [-0.1, -0.05) is 0 Å². The summed E-state index contributed by atoms with van der Waals surface area (Å²) >= 11 is 3.15. The van der Waals surface area contributed by atoms with E-state index in [1.807, 2.05) is 0 Å². The summed E-state index contributed by atoms with van der Waals surface area (Å²) in [6.07, 6.45) is 1.24. The predicted octanol–water partition coefficient (Wildman–Crippen LogP) is -3.56. The number of carbonyl (C=O) groups excluding carboxylic acids is 1. The average molecular weight is 279 g/mol. The number of hydrogen-bond donors (Lipinski definition) is 1. The molecule has 0 aliphatic rings. The van der Waals surface area contributed by atoms with Gasteiger partial charge in [0.15, 0.2) is 5.82 Å². The van der Waals surface area contributed by atoms with Gasteiger partial charge in [0, 0.05) is 5.56 Å². The van der Waals surface area contributed by atoms with Crippen molar-refractivity contribution in [2.24, 2.45) is 0 Å². The van der Waals surface area contributed by atoms with Gasteiger partial charge in [-0.05, 0) is 22.0 Å². The van der Waals surface area contributed by atoms with E-state index in [1.54, 1.807) is 0 Å². The third-order valence-corrected chi connectivity index (χ3v) is 2.32. The molecule has 0 aliphatic heterocycles. The van der Waals surface area contributed by atoms with Crippen LogP contribution in [0.4, 0.5) is 5.82 Å². The van der Waals surface area contributed by atoms with Crippen LogP contribution in [0.2, 0.25) is 0 Å². The fourth-order valence-electron chi connectivity index (χ4n) is 1.19. The average Bonchev–Trinajstić information content (AvgIpc) is 2.46. The topological polar surface area (TPSA) is 96.3 Å². The first-order valence-electron chi connectivity index (χ1n) is 3.60. The molecule has 0 amide bonds. The number of carboxylic acid groups (broad SMARTS) is 1. The number of nitrogens with two attached hydrogens (primary N) is 1. The number of rotatable bonds is 1. The molecule has 0 fully saturated rings. The van der Waals surface area contributed by atoms with Gasteiger partial charge in [-0.25, -0.2) is 9.50 Å². The molecule has 2 rings (SSSR count). The second-order valence-electron chi connectivity index (χ2n) is 2.57. The van der Waals surface area contributed by atoms with E-state index in [-0.39, 0.29) is 46.5 Å². The van der Waals surface area contributed by atoms with Gasteiger partial charge in [-0.2, -0.15) is 5.10 Å². The van der Waals surface area contributed by atoms with Crippen LogP contribution in [-0.4, -0.2) is 20.6 Å². The third kappa shape index (κ3) is 2.00. The SMILES string of the molecule is Nc1ncnn2c(Br)cc(C(=O)[O-])c12.[Na+]. The monoisotopic (exact) mass is 278 g/mol. The molecule has 0 aromatic carbocycles. The maximum absolute atomic E-state index is 10.7. The molecule has 0 aliphatic carbocycles. The van der Waals surface area contributed by atoms with Gasteiger partial charge >= 0.3 is 29.6 Å². The van der Waals surface area contributed by atoms with E-state index >= 15 is 0 Å². The van der Waals surface area contributed by atoms with Gasteiger partial charge in [-0.3, -0.25) is 0 Å². The molecule has 2 N–H and O–H groups in total. The first-order chi connectivity index (χ1) is 6.61. The number of nitrogens with zero attached hydrogens (tertiary/aromatic N) is 3. The molecular weight excluding hydrogens is 275 g/mol. The van der Waals surface area contributed by atoms with Gasteiger partial charge < -0.3 is 15.6 Å². The molecule has 2 aromatic rings. The zero-order valence-corrected chi connectivity index (χ0v) is 11.4. The van der Waals surface area contributed by atoms with Crippen molar-refractivity contribution in [2.75, 3.05) is 5.73 Å². The van der Waals surface area contributed by atoms with Crippen LogP contribution in [0.1, 0.15) is 10.4 Å². The second kappa shape index (κ2) is 4.48. The van der Waals surface area contributed by atoms with Crippen molar-refractivity contribution in [3.8, 4) is 0 Å². The first-order valence-corrected chi connectivity index (χ1v) is 4.39. The molecule has 8 heteroatoms. The molecule has 0 spiro atoms. The Bertz CT molecular complexity index is 527. The number of carbonyl (C=O) groups is 1. The van der Waals surface area contributed by atoms with E-state index in [4.69, 9.17) is 5.73 Å². The number of hydrogen-bond acceptors (Lipinski definition) is 5. The van der Waals surface area contributed by atoms with Gasteiger partial charge in [-0.15, -0.1) is 0 Å². The number of nitrogen functional groups attached to an aromatic ring is 1. The molecule has 2 heterocycles. The minimum Gasteiger partial charge on any atom is -0.545 e. The molecule has 72 valence electrons. The largest absolute Gasteiger partial charge is 1.00 e. The van der Waals surface area contributed by atoms with Crippen LogP contribution in [0.5, 0.6) is 0 Å². The predicted molar refractivity (Wildman–Crippen MR) is 49.4 cm³/mol. The summed E-state index contributed by atoms with van der Waals surface area (Å²) < 4.78 is 1.83. The van der Waals surface area contributed by atoms with Crippen LogP contribution in [-0.2, 0) is 0 Å². The summed E-state index contributed by atoms with van der Waals surface area (Å²) in [7, 11) is 0. The summed E-state index contributed by atoms with van der Waals surface area (Å²) in [5, 5.41) is 14.6. The summed E-state index contributed by atoms with van der Waals surface area (Å²) in [5.41, 5.74) is 5.73. The number of carboxylic acids is 1. The van der Waals surface area contributed by atoms with E-state index in [0.717, 1.165) is 0 Å². The number of aromatic nitrogens is 3. The fraction of sp³-hybridized carbons (Fsp3) is 0. The Morgan fingerprint density at radius 2 is 2.27 bits per heavy atom. The molecular formula is C7H4BrN4NaO2. The standard InChI is InChI=1S/C7H5BrN4O2.Na/c8-4-1-3(7(13)14)5-6(9)10-2-11-12(4)5;/h1-2H,(H,13,14)(H2,9,10,11);/q;+1/p-1. The first kappa shape index (κ1) is 12.4. The third-order valence-electron chi connectivity index (χ3n) is 1.76.